The molecule has 1 unspecified atom stereocenters. The molecule has 1 aliphatic rings. The Kier molecular flexibility index (Phi) is 7.73. The van der Waals surface area contributed by atoms with Crippen molar-refractivity contribution in [1.29, 1.82) is 0 Å². The molecule has 1 aromatic carbocycles. The third-order valence-electron chi connectivity index (χ3n) is 5.56. The zero-order valence-corrected chi connectivity index (χ0v) is 18.5. The minimum Gasteiger partial charge on any atom is -0.493 e. The summed E-state index contributed by atoms with van der Waals surface area (Å²) in [6, 6.07) is 9.55. The Hall–Kier alpha value is -1.85. The highest BCUT2D eigenvalue weighted by atomic mass is 35.5. The van der Waals surface area contributed by atoms with Crippen molar-refractivity contribution in [3.8, 4) is 5.75 Å². The highest BCUT2D eigenvalue weighted by Gasteiger charge is 2.34. The largest absolute Gasteiger partial charge is 0.493 e. The molecule has 2 atom stereocenters. The summed E-state index contributed by atoms with van der Waals surface area (Å²) in [5.41, 5.74) is 1.13. The van der Waals surface area contributed by atoms with Crippen LogP contribution in [0, 0.1) is 11.8 Å². The van der Waals surface area contributed by atoms with Gasteiger partial charge in [0.2, 0.25) is 0 Å². The summed E-state index contributed by atoms with van der Waals surface area (Å²) >= 11 is 7.65. The Morgan fingerprint density at radius 3 is 2.86 bits per heavy atom. The smallest absolute Gasteiger partial charge is 0.348 e. The first-order valence-corrected chi connectivity index (χ1v) is 11.3. The van der Waals surface area contributed by atoms with Gasteiger partial charge in [-0.15, -0.1) is 11.3 Å². The van der Waals surface area contributed by atoms with Crippen LogP contribution in [0.3, 0.4) is 0 Å². The van der Waals surface area contributed by atoms with Gasteiger partial charge < -0.3 is 9.47 Å². The molecular formula is C23H27ClO4S. The Balaban J connectivity index is 1.51. The van der Waals surface area contributed by atoms with Gasteiger partial charge in [-0.05, 0) is 73.9 Å². The van der Waals surface area contributed by atoms with Crippen LogP contribution in [-0.2, 0) is 22.4 Å². The molecule has 1 saturated carbocycles. The number of methoxy groups -OCH3 is 1. The molecule has 1 heterocycles. The maximum absolute atomic E-state index is 12.4. The number of halogens is 1. The lowest BCUT2D eigenvalue weighted by Gasteiger charge is -2.19. The standard InChI is InChI=1S/C23H27ClO4S/c1-3-15-11-17(24)13-18(12-15)28-14-20-16(7-9-21(20)25)5-4-6-19-8-10-22(29-19)23(26)27-2/h8,10-13,16,20H,3-7,9,14H2,1-2H3/t16?,20-/m1/s1. The lowest BCUT2D eigenvalue weighted by atomic mass is 9.91. The van der Waals surface area contributed by atoms with E-state index in [2.05, 4.69) is 6.92 Å². The zero-order valence-electron chi connectivity index (χ0n) is 16.9. The number of ether oxygens (including phenoxy) is 2. The van der Waals surface area contributed by atoms with Gasteiger partial charge in [0.1, 0.15) is 16.4 Å². The van der Waals surface area contributed by atoms with Crippen molar-refractivity contribution in [1.82, 2.24) is 0 Å². The second-order valence-electron chi connectivity index (χ2n) is 7.48. The number of ketones is 1. The number of esters is 1. The van der Waals surface area contributed by atoms with Gasteiger partial charge in [0.15, 0.2) is 0 Å². The van der Waals surface area contributed by atoms with E-state index >= 15 is 0 Å². The fraction of sp³-hybridized carbons (Fsp3) is 0.478. The van der Waals surface area contributed by atoms with E-state index in [1.54, 1.807) is 0 Å². The van der Waals surface area contributed by atoms with Crippen LogP contribution >= 0.6 is 22.9 Å². The van der Waals surface area contributed by atoms with E-state index in [1.165, 1.54) is 23.3 Å². The van der Waals surface area contributed by atoms with Crippen molar-refractivity contribution in [3.63, 3.8) is 0 Å². The molecule has 3 rings (SSSR count). The molecule has 2 aromatic rings. The van der Waals surface area contributed by atoms with Crippen molar-refractivity contribution in [2.75, 3.05) is 13.7 Å². The Morgan fingerprint density at radius 2 is 2.10 bits per heavy atom. The van der Waals surface area contributed by atoms with Gasteiger partial charge >= 0.3 is 5.97 Å². The Morgan fingerprint density at radius 1 is 1.28 bits per heavy atom. The van der Waals surface area contributed by atoms with E-state index < -0.39 is 0 Å². The van der Waals surface area contributed by atoms with Crippen LogP contribution < -0.4 is 4.74 Å². The fourth-order valence-corrected chi connectivity index (χ4v) is 5.12. The zero-order chi connectivity index (χ0) is 20.8. The van der Waals surface area contributed by atoms with Crippen LogP contribution in [0.5, 0.6) is 5.75 Å². The van der Waals surface area contributed by atoms with Gasteiger partial charge in [-0.25, -0.2) is 4.79 Å². The third kappa shape index (κ3) is 5.83. The van der Waals surface area contributed by atoms with Crippen LogP contribution in [0.4, 0.5) is 0 Å². The molecule has 0 spiro atoms. The number of thiophene rings is 1. The first-order chi connectivity index (χ1) is 14.0. The molecule has 6 heteroatoms. The summed E-state index contributed by atoms with van der Waals surface area (Å²) in [5, 5.41) is 0.663. The maximum Gasteiger partial charge on any atom is 0.348 e. The van der Waals surface area contributed by atoms with Gasteiger partial charge in [-0.1, -0.05) is 18.5 Å². The van der Waals surface area contributed by atoms with E-state index in [1.807, 2.05) is 30.3 Å². The normalized spacial score (nSPS) is 18.8. The maximum atomic E-state index is 12.4. The predicted molar refractivity (Wildman–Crippen MR) is 116 cm³/mol. The first-order valence-electron chi connectivity index (χ1n) is 10.1. The molecule has 1 fully saturated rings. The Bertz CT molecular complexity index is 860. The molecule has 0 aliphatic heterocycles. The van der Waals surface area contributed by atoms with Crippen molar-refractivity contribution < 1.29 is 19.1 Å². The molecule has 1 aromatic heterocycles. The van der Waals surface area contributed by atoms with Crippen LogP contribution in [0.1, 0.15) is 52.7 Å². The average Bonchev–Trinajstić information content (AvgIpc) is 3.32. The topological polar surface area (TPSA) is 52.6 Å². The monoisotopic (exact) mass is 434 g/mol. The molecule has 0 saturated heterocycles. The van der Waals surface area contributed by atoms with E-state index in [4.69, 9.17) is 21.1 Å². The molecular weight excluding hydrogens is 408 g/mol. The lowest BCUT2D eigenvalue weighted by molar-refractivity contribution is -0.122. The van der Waals surface area contributed by atoms with Crippen molar-refractivity contribution in [3.05, 3.63) is 50.7 Å². The number of Topliss-reactive ketones (excluding diaryl/α,β-unsaturated/α-hetero) is 1. The van der Waals surface area contributed by atoms with Crippen molar-refractivity contribution >= 4 is 34.7 Å². The van der Waals surface area contributed by atoms with Gasteiger partial charge in [0.05, 0.1) is 19.6 Å². The van der Waals surface area contributed by atoms with E-state index in [0.29, 0.717) is 34.6 Å². The number of aryl methyl sites for hydroxylation is 2. The molecule has 0 amide bonds. The number of carbonyl (C=O) groups is 2. The molecule has 1 aliphatic carbocycles. The molecule has 0 radical (unpaired) electrons. The van der Waals surface area contributed by atoms with Crippen LogP contribution in [0.2, 0.25) is 5.02 Å². The molecule has 0 bridgehead atoms. The van der Waals surface area contributed by atoms with Crippen LogP contribution in [0.15, 0.2) is 30.3 Å². The third-order valence-corrected chi connectivity index (χ3v) is 6.90. The number of hydrogen-bond donors (Lipinski definition) is 0. The number of carbonyl (C=O) groups excluding carboxylic acids is 2. The Labute approximate surface area is 181 Å². The summed E-state index contributed by atoms with van der Waals surface area (Å²) < 4.78 is 10.7. The summed E-state index contributed by atoms with van der Waals surface area (Å²) in [7, 11) is 1.40. The summed E-state index contributed by atoms with van der Waals surface area (Å²) in [6.45, 7) is 2.49. The van der Waals surface area contributed by atoms with Gasteiger partial charge in [-0.2, -0.15) is 0 Å². The fourth-order valence-electron chi connectivity index (χ4n) is 3.91. The number of rotatable bonds is 9. The van der Waals surface area contributed by atoms with Gasteiger partial charge in [0, 0.05) is 16.3 Å². The summed E-state index contributed by atoms with van der Waals surface area (Å²) in [5.74, 6) is 1.06. The molecule has 29 heavy (non-hydrogen) atoms. The predicted octanol–water partition coefficient (Wildman–Crippen LogP) is 5.75. The number of hydrogen-bond acceptors (Lipinski definition) is 5. The minimum atomic E-state index is -0.285. The minimum absolute atomic E-state index is 0.0481. The molecule has 156 valence electrons. The summed E-state index contributed by atoms with van der Waals surface area (Å²) in [6.07, 6.45) is 5.35. The van der Waals surface area contributed by atoms with Crippen molar-refractivity contribution in [2.45, 2.75) is 45.4 Å². The highest BCUT2D eigenvalue weighted by Crippen LogP contribution is 2.34. The highest BCUT2D eigenvalue weighted by molar-refractivity contribution is 7.13. The van der Waals surface area contributed by atoms with Crippen LogP contribution in [-0.4, -0.2) is 25.5 Å². The van der Waals surface area contributed by atoms with E-state index in [9.17, 15) is 9.59 Å². The number of benzene rings is 1. The van der Waals surface area contributed by atoms with Gasteiger partial charge in [-0.3, -0.25) is 4.79 Å². The SMILES string of the molecule is CCc1cc(Cl)cc(OC[C@H]2C(=O)CCC2CCCc2ccc(C(=O)OC)s2)c1. The van der Waals surface area contributed by atoms with E-state index in [0.717, 1.165) is 43.4 Å². The first kappa shape index (κ1) is 21.8. The van der Waals surface area contributed by atoms with Crippen molar-refractivity contribution in [2.24, 2.45) is 11.8 Å². The molecule has 0 N–H and O–H groups in total. The van der Waals surface area contributed by atoms with Crippen LogP contribution in [0.25, 0.3) is 0 Å². The average molecular weight is 435 g/mol. The molecule has 4 nitrogen and oxygen atoms in total. The summed E-state index contributed by atoms with van der Waals surface area (Å²) in [4.78, 5) is 25.8. The van der Waals surface area contributed by atoms with E-state index in [-0.39, 0.29) is 11.9 Å². The lowest BCUT2D eigenvalue weighted by Crippen LogP contribution is -2.23. The second kappa shape index (κ2) is 10.3. The second-order valence-corrected chi connectivity index (χ2v) is 9.09. The quantitative estimate of drug-likeness (QED) is 0.471. The van der Waals surface area contributed by atoms with Gasteiger partial charge in [0.25, 0.3) is 0 Å².